The zero-order valence-electron chi connectivity index (χ0n) is 9.25. The van der Waals surface area contributed by atoms with Crippen molar-refractivity contribution in [1.29, 1.82) is 5.26 Å². The van der Waals surface area contributed by atoms with E-state index in [1.807, 2.05) is 6.07 Å². The average molecular weight is 243 g/mol. The second-order valence-corrected chi connectivity index (χ2v) is 3.51. The van der Waals surface area contributed by atoms with Gasteiger partial charge in [0.25, 0.3) is 0 Å². The normalized spacial score (nSPS) is 9.72. The molecule has 0 aliphatic heterocycles. The minimum atomic E-state index is -0.562. The number of hydrogen-bond donors (Lipinski definition) is 2. The molecule has 1 heterocycles. The van der Waals surface area contributed by atoms with Crippen molar-refractivity contribution in [3.05, 3.63) is 51.8 Å². The van der Waals surface area contributed by atoms with Crippen LogP contribution in [0.25, 0.3) is 0 Å². The first-order chi connectivity index (χ1) is 8.72. The van der Waals surface area contributed by atoms with Gasteiger partial charge in [-0.3, -0.25) is 15.2 Å². The number of hydrogen-bond acceptors (Lipinski definition) is 5. The van der Waals surface area contributed by atoms with Crippen LogP contribution < -0.4 is 5.32 Å². The van der Waals surface area contributed by atoms with E-state index in [9.17, 15) is 10.1 Å². The van der Waals surface area contributed by atoms with Crippen molar-refractivity contribution in [2.24, 2.45) is 0 Å². The summed E-state index contributed by atoms with van der Waals surface area (Å²) < 4.78 is 0. The molecule has 0 saturated heterocycles. The van der Waals surface area contributed by atoms with Gasteiger partial charge in [-0.25, -0.2) is 0 Å². The van der Waals surface area contributed by atoms with E-state index in [1.165, 1.54) is 6.07 Å². The molecule has 18 heavy (non-hydrogen) atoms. The van der Waals surface area contributed by atoms with Gasteiger partial charge in [-0.1, -0.05) is 6.07 Å². The van der Waals surface area contributed by atoms with Crippen molar-refractivity contribution in [1.82, 2.24) is 10.2 Å². The zero-order valence-corrected chi connectivity index (χ0v) is 9.25. The van der Waals surface area contributed by atoms with Crippen LogP contribution in [0.1, 0.15) is 11.3 Å². The molecule has 7 heteroatoms. The van der Waals surface area contributed by atoms with Gasteiger partial charge in [0.1, 0.15) is 17.3 Å². The van der Waals surface area contributed by atoms with E-state index in [0.717, 1.165) is 5.69 Å². The van der Waals surface area contributed by atoms with Gasteiger partial charge in [-0.05, 0) is 18.2 Å². The number of nitro groups is 1. The lowest BCUT2D eigenvalue weighted by atomic mass is 10.1. The van der Waals surface area contributed by atoms with E-state index < -0.39 is 4.92 Å². The van der Waals surface area contributed by atoms with Gasteiger partial charge >= 0.3 is 5.69 Å². The predicted molar refractivity (Wildman–Crippen MR) is 63.7 cm³/mol. The number of H-pyrrole nitrogens is 1. The fourth-order valence-electron chi connectivity index (χ4n) is 1.55. The minimum Gasteiger partial charge on any atom is -0.374 e. The number of anilines is 1. The van der Waals surface area contributed by atoms with Crippen molar-refractivity contribution in [2.45, 2.75) is 6.54 Å². The van der Waals surface area contributed by atoms with E-state index in [1.54, 1.807) is 24.4 Å². The molecule has 0 unspecified atom stereocenters. The van der Waals surface area contributed by atoms with Gasteiger partial charge < -0.3 is 5.32 Å². The highest BCUT2D eigenvalue weighted by molar-refractivity contribution is 5.68. The van der Waals surface area contributed by atoms with Crippen molar-refractivity contribution in [3.63, 3.8) is 0 Å². The lowest BCUT2D eigenvalue weighted by molar-refractivity contribution is -0.384. The molecule has 1 aromatic heterocycles. The van der Waals surface area contributed by atoms with E-state index in [-0.39, 0.29) is 11.3 Å². The maximum atomic E-state index is 11.0. The highest BCUT2D eigenvalue weighted by Crippen LogP contribution is 2.28. The number of nitrogens with one attached hydrogen (secondary N) is 2. The van der Waals surface area contributed by atoms with Gasteiger partial charge in [-0.2, -0.15) is 10.4 Å². The van der Waals surface area contributed by atoms with Crippen LogP contribution in [0.3, 0.4) is 0 Å². The molecule has 2 aromatic rings. The molecule has 0 bridgehead atoms. The Balaban J connectivity index is 2.27. The number of nitro benzene ring substituents is 1. The van der Waals surface area contributed by atoms with Gasteiger partial charge in [0, 0.05) is 6.20 Å². The summed E-state index contributed by atoms with van der Waals surface area (Å²) in [5.41, 5.74) is 0.939. The summed E-state index contributed by atoms with van der Waals surface area (Å²) in [6, 6.07) is 8.14. The first kappa shape index (κ1) is 11.6. The standard InChI is InChI=1S/C11H9N5O2/c12-6-8-2-1-3-10(11(8)16(17)18)13-7-9-4-5-14-15-9/h1-5,13H,7H2,(H,14,15). The van der Waals surface area contributed by atoms with Crippen LogP contribution in [0, 0.1) is 21.4 Å². The van der Waals surface area contributed by atoms with Crippen LogP contribution in [0.15, 0.2) is 30.5 Å². The van der Waals surface area contributed by atoms with E-state index in [4.69, 9.17) is 5.26 Å². The van der Waals surface area contributed by atoms with E-state index >= 15 is 0 Å². The Hall–Kier alpha value is -2.88. The van der Waals surface area contributed by atoms with Crippen molar-refractivity contribution >= 4 is 11.4 Å². The van der Waals surface area contributed by atoms with Crippen molar-refractivity contribution < 1.29 is 4.92 Å². The van der Waals surface area contributed by atoms with Crippen LogP contribution >= 0.6 is 0 Å². The van der Waals surface area contributed by atoms with Gasteiger partial charge in [0.15, 0.2) is 0 Å². The molecule has 2 N–H and O–H groups in total. The lowest BCUT2D eigenvalue weighted by Gasteiger charge is -2.06. The van der Waals surface area contributed by atoms with Gasteiger partial charge in [0.05, 0.1) is 17.2 Å². The van der Waals surface area contributed by atoms with Gasteiger partial charge in [-0.15, -0.1) is 0 Å². The average Bonchev–Trinajstić information content (AvgIpc) is 2.88. The molecule has 0 saturated carbocycles. The monoisotopic (exact) mass is 243 g/mol. The Kier molecular flexibility index (Phi) is 3.20. The summed E-state index contributed by atoms with van der Waals surface area (Å²) in [5, 5.41) is 29.2. The zero-order chi connectivity index (χ0) is 13.0. The third-order valence-electron chi connectivity index (χ3n) is 2.37. The van der Waals surface area contributed by atoms with Crippen molar-refractivity contribution in [2.75, 3.05) is 5.32 Å². The molecule has 0 aliphatic rings. The maximum Gasteiger partial charge on any atom is 0.309 e. The second kappa shape index (κ2) is 4.97. The summed E-state index contributed by atoms with van der Waals surface area (Å²) in [7, 11) is 0. The second-order valence-electron chi connectivity index (χ2n) is 3.51. The first-order valence-corrected chi connectivity index (χ1v) is 5.12. The molecule has 0 aliphatic carbocycles. The highest BCUT2D eigenvalue weighted by atomic mass is 16.6. The Bertz CT molecular complexity index is 600. The molecule has 90 valence electrons. The third-order valence-corrected chi connectivity index (χ3v) is 2.37. The van der Waals surface area contributed by atoms with E-state index in [0.29, 0.717) is 12.2 Å². The van der Waals surface area contributed by atoms with Crippen LogP contribution in [0.5, 0.6) is 0 Å². The maximum absolute atomic E-state index is 11.0. The summed E-state index contributed by atoms with van der Waals surface area (Å²) >= 11 is 0. The molecule has 7 nitrogen and oxygen atoms in total. The topological polar surface area (TPSA) is 108 Å². The quantitative estimate of drug-likeness (QED) is 0.628. The summed E-state index contributed by atoms with van der Waals surface area (Å²) in [6.45, 7) is 0.371. The molecule has 2 rings (SSSR count). The number of benzene rings is 1. The number of para-hydroxylation sites is 1. The van der Waals surface area contributed by atoms with Crippen LogP contribution in [-0.2, 0) is 6.54 Å². The molecule has 0 amide bonds. The molecular formula is C11H9N5O2. The van der Waals surface area contributed by atoms with Crippen molar-refractivity contribution in [3.8, 4) is 6.07 Å². The van der Waals surface area contributed by atoms with Gasteiger partial charge in [0.2, 0.25) is 0 Å². The molecule has 0 radical (unpaired) electrons. The largest absolute Gasteiger partial charge is 0.374 e. The summed E-state index contributed by atoms with van der Waals surface area (Å²) in [5.74, 6) is 0. The third kappa shape index (κ3) is 2.27. The number of aromatic nitrogens is 2. The van der Waals surface area contributed by atoms with Crippen LogP contribution in [0.4, 0.5) is 11.4 Å². The Labute approximate surface area is 102 Å². The smallest absolute Gasteiger partial charge is 0.309 e. The molecular weight excluding hydrogens is 234 g/mol. The number of nitriles is 1. The fourth-order valence-corrected chi connectivity index (χ4v) is 1.55. The predicted octanol–water partition coefficient (Wildman–Crippen LogP) is 1.80. The number of rotatable bonds is 4. The lowest BCUT2D eigenvalue weighted by Crippen LogP contribution is -2.04. The molecule has 0 fully saturated rings. The van der Waals surface area contributed by atoms with Crippen LogP contribution in [-0.4, -0.2) is 15.1 Å². The Morgan fingerprint density at radius 2 is 2.33 bits per heavy atom. The summed E-state index contributed by atoms with van der Waals surface area (Å²) in [6.07, 6.45) is 1.59. The molecule has 0 spiro atoms. The first-order valence-electron chi connectivity index (χ1n) is 5.12. The van der Waals surface area contributed by atoms with E-state index in [2.05, 4.69) is 15.5 Å². The molecule has 1 aromatic carbocycles. The minimum absolute atomic E-state index is 0.0367. The van der Waals surface area contributed by atoms with Crippen LogP contribution in [0.2, 0.25) is 0 Å². The number of aromatic amines is 1. The molecule has 0 atom stereocenters. The highest BCUT2D eigenvalue weighted by Gasteiger charge is 2.19. The Morgan fingerprint density at radius 1 is 1.50 bits per heavy atom. The fraction of sp³-hybridized carbons (Fsp3) is 0.0909. The number of nitrogens with zero attached hydrogens (tertiary/aromatic N) is 3. The summed E-state index contributed by atoms with van der Waals surface area (Å²) in [4.78, 5) is 10.4. The SMILES string of the molecule is N#Cc1cccc(NCc2ccn[nH]2)c1[N+](=O)[O-]. The Morgan fingerprint density at radius 3 is 2.94 bits per heavy atom.